The van der Waals surface area contributed by atoms with E-state index in [1.165, 1.54) is 11.1 Å². The molecule has 0 spiro atoms. The lowest BCUT2D eigenvalue weighted by molar-refractivity contribution is 0.0436. The van der Waals surface area contributed by atoms with Crippen molar-refractivity contribution in [2.45, 2.75) is 19.3 Å². The molecule has 15 heavy (non-hydrogen) atoms. The first-order valence-corrected chi connectivity index (χ1v) is 5.65. The third-order valence-electron chi connectivity index (χ3n) is 3.28. The van der Waals surface area contributed by atoms with Crippen molar-refractivity contribution in [1.82, 2.24) is 0 Å². The largest absolute Gasteiger partial charge is 0.381 e. The van der Waals surface area contributed by atoms with Crippen LogP contribution in [0, 0.1) is 12.8 Å². The first kappa shape index (κ1) is 10.7. The van der Waals surface area contributed by atoms with Gasteiger partial charge >= 0.3 is 0 Å². The second-order valence-corrected chi connectivity index (χ2v) is 4.38. The number of benzene rings is 1. The molecule has 82 valence electrons. The van der Waals surface area contributed by atoms with Crippen molar-refractivity contribution < 1.29 is 4.74 Å². The third-order valence-corrected chi connectivity index (χ3v) is 3.28. The Bertz CT molecular complexity index is 307. The molecular weight excluding hydrogens is 186 g/mol. The molecule has 1 aromatic carbocycles. The summed E-state index contributed by atoms with van der Waals surface area (Å²) in [5.74, 6) is 1.07. The number of nitrogens with two attached hydrogens (primary N) is 1. The minimum atomic E-state index is 0.487. The Balaban J connectivity index is 2.16. The number of hydrogen-bond acceptors (Lipinski definition) is 2. The van der Waals surface area contributed by atoms with Gasteiger partial charge in [0, 0.05) is 12.5 Å². The first-order chi connectivity index (χ1) is 7.31. The van der Waals surface area contributed by atoms with Gasteiger partial charge in [0.15, 0.2) is 0 Å². The van der Waals surface area contributed by atoms with Crippen LogP contribution in [-0.4, -0.2) is 19.8 Å². The Kier molecular flexibility index (Phi) is 3.39. The Morgan fingerprint density at radius 2 is 2.07 bits per heavy atom. The molecule has 1 aliphatic rings. The molecule has 2 N–H and O–H groups in total. The number of hydrogen-bond donors (Lipinski definition) is 1. The van der Waals surface area contributed by atoms with Gasteiger partial charge in [-0.25, -0.2) is 0 Å². The molecule has 2 heteroatoms. The van der Waals surface area contributed by atoms with Crippen LogP contribution in [0.4, 0.5) is 0 Å². The van der Waals surface area contributed by atoms with Gasteiger partial charge in [0.05, 0.1) is 6.61 Å². The quantitative estimate of drug-likeness (QED) is 0.802. The molecule has 2 rings (SSSR count). The highest BCUT2D eigenvalue weighted by molar-refractivity contribution is 5.25. The molecule has 1 fully saturated rings. The van der Waals surface area contributed by atoms with E-state index < -0.39 is 0 Å². The summed E-state index contributed by atoms with van der Waals surface area (Å²) >= 11 is 0. The van der Waals surface area contributed by atoms with E-state index in [2.05, 4.69) is 31.2 Å². The molecule has 0 aliphatic carbocycles. The standard InChI is InChI=1S/C13H19NO/c1-10-2-4-11(5-3-10)13-6-7-15-9-12(13)8-14/h2-5,12-13H,6-9,14H2,1H3. The highest BCUT2D eigenvalue weighted by Crippen LogP contribution is 2.31. The van der Waals surface area contributed by atoms with Crippen molar-refractivity contribution >= 4 is 0 Å². The molecular formula is C13H19NO. The number of aryl methyl sites for hydroxylation is 1. The predicted octanol–water partition coefficient (Wildman–Crippen LogP) is 2.07. The van der Waals surface area contributed by atoms with E-state index in [0.29, 0.717) is 11.8 Å². The second kappa shape index (κ2) is 4.77. The van der Waals surface area contributed by atoms with Crippen LogP contribution in [0.1, 0.15) is 23.5 Å². The molecule has 0 amide bonds. The lowest BCUT2D eigenvalue weighted by Gasteiger charge is -2.31. The smallest absolute Gasteiger partial charge is 0.0512 e. The van der Waals surface area contributed by atoms with Crippen LogP contribution in [0.5, 0.6) is 0 Å². The lowest BCUT2D eigenvalue weighted by atomic mass is 9.82. The molecule has 2 atom stereocenters. The molecule has 0 saturated carbocycles. The van der Waals surface area contributed by atoms with E-state index in [0.717, 1.165) is 26.2 Å². The fourth-order valence-corrected chi connectivity index (χ4v) is 2.28. The number of ether oxygens (including phenoxy) is 1. The topological polar surface area (TPSA) is 35.2 Å². The molecule has 1 aliphatic heterocycles. The third kappa shape index (κ3) is 2.39. The van der Waals surface area contributed by atoms with Gasteiger partial charge in [-0.1, -0.05) is 29.8 Å². The zero-order valence-corrected chi connectivity index (χ0v) is 9.28. The fourth-order valence-electron chi connectivity index (χ4n) is 2.28. The van der Waals surface area contributed by atoms with Crippen molar-refractivity contribution in [3.63, 3.8) is 0 Å². The maximum Gasteiger partial charge on any atom is 0.0512 e. The minimum Gasteiger partial charge on any atom is -0.381 e. The second-order valence-electron chi connectivity index (χ2n) is 4.38. The highest BCUT2D eigenvalue weighted by atomic mass is 16.5. The van der Waals surface area contributed by atoms with Gasteiger partial charge in [-0.15, -0.1) is 0 Å². The van der Waals surface area contributed by atoms with Gasteiger partial charge in [0.1, 0.15) is 0 Å². The van der Waals surface area contributed by atoms with E-state index >= 15 is 0 Å². The van der Waals surface area contributed by atoms with Crippen molar-refractivity contribution in [1.29, 1.82) is 0 Å². The highest BCUT2D eigenvalue weighted by Gasteiger charge is 2.25. The Morgan fingerprint density at radius 1 is 1.33 bits per heavy atom. The van der Waals surface area contributed by atoms with Crippen LogP contribution in [0.2, 0.25) is 0 Å². The van der Waals surface area contributed by atoms with Crippen molar-refractivity contribution in [3.05, 3.63) is 35.4 Å². The molecule has 0 radical (unpaired) electrons. The van der Waals surface area contributed by atoms with Crippen LogP contribution < -0.4 is 5.73 Å². The lowest BCUT2D eigenvalue weighted by Crippen LogP contribution is -2.31. The fraction of sp³-hybridized carbons (Fsp3) is 0.538. The summed E-state index contributed by atoms with van der Waals surface area (Å²) in [6.07, 6.45) is 1.10. The predicted molar refractivity (Wildman–Crippen MR) is 61.9 cm³/mol. The molecule has 1 saturated heterocycles. The van der Waals surface area contributed by atoms with Gasteiger partial charge in [0.25, 0.3) is 0 Å². The molecule has 2 unspecified atom stereocenters. The first-order valence-electron chi connectivity index (χ1n) is 5.65. The maximum atomic E-state index is 5.78. The summed E-state index contributed by atoms with van der Waals surface area (Å²) in [7, 11) is 0. The molecule has 0 bridgehead atoms. The van der Waals surface area contributed by atoms with Crippen LogP contribution in [-0.2, 0) is 4.74 Å². The normalized spacial score (nSPS) is 26.5. The van der Waals surface area contributed by atoms with E-state index in [1.54, 1.807) is 0 Å². The van der Waals surface area contributed by atoms with Crippen molar-refractivity contribution in [2.24, 2.45) is 11.7 Å². The average molecular weight is 205 g/mol. The zero-order valence-electron chi connectivity index (χ0n) is 9.28. The molecule has 1 heterocycles. The van der Waals surface area contributed by atoms with Gasteiger partial charge in [0.2, 0.25) is 0 Å². The Labute approximate surface area is 91.4 Å². The van der Waals surface area contributed by atoms with E-state index in [9.17, 15) is 0 Å². The van der Waals surface area contributed by atoms with Crippen molar-refractivity contribution in [2.75, 3.05) is 19.8 Å². The van der Waals surface area contributed by atoms with Crippen LogP contribution in [0.3, 0.4) is 0 Å². The molecule has 0 aromatic heterocycles. The maximum absolute atomic E-state index is 5.78. The minimum absolute atomic E-state index is 0.487. The summed E-state index contributed by atoms with van der Waals surface area (Å²) in [6, 6.07) is 8.82. The summed E-state index contributed by atoms with van der Waals surface area (Å²) in [5, 5.41) is 0. The summed E-state index contributed by atoms with van der Waals surface area (Å²) in [4.78, 5) is 0. The van der Waals surface area contributed by atoms with Gasteiger partial charge in [-0.05, 0) is 31.4 Å². The summed E-state index contributed by atoms with van der Waals surface area (Å²) in [6.45, 7) is 4.52. The van der Waals surface area contributed by atoms with E-state index in [-0.39, 0.29) is 0 Å². The SMILES string of the molecule is Cc1ccc(C2CCOCC2CN)cc1. The van der Waals surface area contributed by atoms with E-state index in [4.69, 9.17) is 10.5 Å². The average Bonchev–Trinajstić information content (AvgIpc) is 2.30. The van der Waals surface area contributed by atoms with Crippen molar-refractivity contribution in [3.8, 4) is 0 Å². The van der Waals surface area contributed by atoms with Gasteiger partial charge in [-0.2, -0.15) is 0 Å². The van der Waals surface area contributed by atoms with Crippen LogP contribution >= 0.6 is 0 Å². The monoisotopic (exact) mass is 205 g/mol. The van der Waals surface area contributed by atoms with Crippen LogP contribution in [0.15, 0.2) is 24.3 Å². The Hall–Kier alpha value is -0.860. The van der Waals surface area contributed by atoms with Gasteiger partial charge < -0.3 is 10.5 Å². The van der Waals surface area contributed by atoms with Gasteiger partial charge in [-0.3, -0.25) is 0 Å². The summed E-state index contributed by atoms with van der Waals surface area (Å²) < 4.78 is 5.47. The summed E-state index contributed by atoms with van der Waals surface area (Å²) in [5.41, 5.74) is 8.51. The van der Waals surface area contributed by atoms with E-state index in [1.807, 2.05) is 0 Å². The molecule has 2 nitrogen and oxygen atoms in total. The zero-order chi connectivity index (χ0) is 10.7. The Morgan fingerprint density at radius 3 is 2.73 bits per heavy atom. The number of rotatable bonds is 2. The van der Waals surface area contributed by atoms with Crippen LogP contribution in [0.25, 0.3) is 0 Å². The molecule has 1 aromatic rings.